The Labute approximate surface area is 122 Å². The third-order valence-corrected chi connectivity index (χ3v) is 5.68. The Hall–Kier alpha value is 0.230. The molecule has 4 heteroatoms. The minimum atomic E-state index is 0.384. The van der Waals surface area contributed by atoms with E-state index in [2.05, 4.69) is 30.3 Å². The highest BCUT2D eigenvalue weighted by Gasteiger charge is 2.24. The SMILES string of the molecule is CSC1CCC(NCC2CN(C(C)C)CCO2)CC1. The lowest BCUT2D eigenvalue weighted by Gasteiger charge is -2.36. The smallest absolute Gasteiger partial charge is 0.0826 e. The van der Waals surface area contributed by atoms with E-state index in [4.69, 9.17) is 4.74 Å². The van der Waals surface area contributed by atoms with Gasteiger partial charge in [0.25, 0.3) is 0 Å². The normalized spacial score (nSPS) is 33.8. The van der Waals surface area contributed by atoms with Crippen LogP contribution in [0.1, 0.15) is 39.5 Å². The van der Waals surface area contributed by atoms with Gasteiger partial charge in [0.1, 0.15) is 0 Å². The van der Waals surface area contributed by atoms with Gasteiger partial charge in [-0.1, -0.05) is 0 Å². The quantitative estimate of drug-likeness (QED) is 0.838. The molecule has 0 aromatic carbocycles. The zero-order valence-corrected chi connectivity index (χ0v) is 13.5. The summed E-state index contributed by atoms with van der Waals surface area (Å²) >= 11 is 2.04. The second-order valence-electron chi connectivity index (χ2n) is 6.20. The molecule has 1 atom stereocenters. The summed E-state index contributed by atoms with van der Waals surface area (Å²) in [6, 6.07) is 1.37. The van der Waals surface area contributed by atoms with Crippen molar-refractivity contribution in [3.8, 4) is 0 Å². The second kappa shape index (κ2) is 7.87. The van der Waals surface area contributed by atoms with Gasteiger partial charge in [-0.15, -0.1) is 0 Å². The van der Waals surface area contributed by atoms with E-state index in [0.717, 1.165) is 37.5 Å². The molecule has 19 heavy (non-hydrogen) atoms. The Balaban J connectivity index is 1.65. The standard InChI is InChI=1S/C15H30N2OS/c1-12(2)17-8-9-18-14(11-17)10-16-13-4-6-15(19-3)7-5-13/h12-16H,4-11H2,1-3H3. The maximum Gasteiger partial charge on any atom is 0.0826 e. The van der Waals surface area contributed by atoms with Gasteiger partial charge in [-0.25, -0.2) is 0 Å². The molecule has 1 N–H and O–H groups in total. The minimum absolute atomic E-state index is 0.384. The van der Waals surface area contributed by atoms with Crippen LogP contribution in [0.4, 0.5) is 0 Å². The van der Waals surface area contributed by atoms with Crippen LogP contribution in [0.2, 0.25) is 0 Å². The van der Waals surface area contributed by atoms with Gasteiger partial charge in [0.05, 0.1) is 12.7 Å². The minimum Gasteiger partial charge on any atom is -0.374 e. The molecule has 0 bridgehead atoms. The van der Waals surface area contributed by atoms with E-state index < -0.39 is 0 Å². The van der Waals surface area contributed by atoms with Crippen LogP contribution < -0.4 is 5.32 Å². The van der Waals surface area contributed by atoms with E-state index >= 15 is 0 Å². The molecule has 0 amide bonds. The fraction of sp³-hybridized carbons (Fsp3) is 1.00. The number of morpholine rings is 1. The average Bonchev–Trinajstić information content (AvgIpc) is 2.46. The maximum atomic E-state index is 5.88. The molecule has 2 rings (SSSR count). The number of nitrogens with zero attached hydrogens (tertiary/aromatic N) is 1. The molecule has 0 spiro atoms. The molecule has 3 nitrogen and oxygen atoms in total. The molecule has 1 aliphatic carbocycles. The van der Waals surface area contributed by atoms with Crippen molar-refractivity contribution in [2.75, 3.05) is 32.5 Å². The van der Waals surface area contributed by atoms with E-state index in [1.807, 2.05) is 11.8 Å². The number of thioether (sulfide) groups is 1. The van der Waals surface area contributed by atoms with Crippen molar-refractivity contribution in [3.63, 3.8) is 0 Å². The molecule has 1 aliphatic heterocycles. The molecule has 1 saturated heterocycles. The summed E-state index contributed by atoms with van der Waals surface area (Å²) in [5.74, 6) is 0. The fourth-order valence-electron chi connectivity index (χ4n) is 3.14. The summed E-state index contributed by atoms with van der Waals surface area (Å²) in [4.78, 5) is 2.53. The van der Waals surface area contributed by atoms with E-state index in [0.29, 0.717) is 12.1 Å². The van der Waals surface area contributed by atoms with Crippen LogP contribution in [0.25, 0.3) is 0 Å². The predicted octanol–water partition coefficient (Wildman–Crippen LogP) is 2.36. The highest BCUT2D eigenvalue weighted by molar-refractivity contribution is 7.99. The van der Waals surface area contributed by atoms with Gasteiger partial charge in [-0.3, -0.25) is 4.90 Å². The van der Waals surface area contributed by atoms with Crippen molar-refractivity contribution in [2.45, 2.75) is 63.0 Å². The van der Waals surface area contributed by atoms with E-state index in [1.165, 1.54) is 25.7 Å². The number of hydrogen-bond acceptors (Lipinski definition) is 4. The molecule has 1 heterocycles. The summed E-state index contributed by atoms with van der Waals surface area (Å²) in [6.45, 7) is 8.65. The van der Waals surface area contributed by atoms with Gasteiger partial charge in [0.15, 0.2) is 0 Å². The maximum absolute atomic E-state index is 5.88. The van der Waals surface area contributed by atoms with Crippen LogP contribution in [0.15, 0.2) is 0 Å². The zero-order valence-electron chi connectivity index (χ0n) is 12.7. The molecule has 0 aromatic heterocycles. The van der Waals surface area contributed by atoms with Crippen molar-refractivity contribution >= 4 is 11.8 Å². The van der Waals surface area contributed by atoms with Crippen molar-refractivity contribution in [1.82, 2.24) is 10.2 Å². The first-order valence-corrected chi connectivity index (χ1v) is 9.09. The molecule has 0 aromatic rings. The monoisotopic (exact) mass is 286 g/mol. The lowest BCUT2D eigenvalue weighted by atomic mass is 9.95. The Morgan fingerprint density at radius 2 is 2.00 bits per heavy atom. The van der Waals surface area contributed by atoms with E-state index in [9.17, 15) is 0 Å². The van der Waals surface area contributed by atoms with Crippen LogP contribution >= 0.6 is 11.8 Å². The molecule has 112 valence electrons. The number of ether oxygens (including phenoxy) is 1. The zero-order chi connectivity index (χ0) is 13.7. The van der Waals surface area contributed by atoms with Gasteiger partial charge < -0.3 is 10.1 Å². The van der Waals surface area contributed by atoms with Gasteiger partial charge in [0.2, 0.25) is 0 Å². The molecule has 1 saturated carbocycles. The Morgan fingerprint density at radius 1 is 1.26 bits per heavy atom. The number of rotatable bonds is 5. The summed E-state index contributed by atoms with van der Waals surface area (Å²) in [5.41, 5.74) is 0. The first-order chi connectivity index (χ1) is 9.19. The molecule has 1 unspecified atom stereocenters. The van der Waals surface area contributed by atoms with Crippen LogP contribution in [-0.2, 0) is 4.74 Å². The Kier molecular flexibility index (Phi) is 6.46. The molecule has 0 radical (unpaired) electrons. The number of hydrogen-bond donors (Lipinski definition) is 1. The summed E-state index contributed by atoms with van der Waals surface area (Å²) < 4.78 is 5.88. The van der Waals surface area contributed by atoms with Crippen molar-refractivity contribution in [2.24, 2.45) is 0 Å². The summed E-state index contributed by atoms with van der Waals surface area (Å²) in [7, 11) is 0. The molecule has 2 fully saturated rings. The summed E-state index contributed by atoms with van der Waals surface area (Å²) in [6.07, 6.45) is 8.06. The Bertz CT molecular complexity index is 255. The molecule has 2 aliphatic rings. The van der Waals surface area contributed by atoms with Crippen LogP contribution in [0.3, 0.4) is 0 Å². The predicted molar refractivity (Wildman–Crippen MR) is 84.0 cm³/mol. The van der Waals surface area contributed by atoms with Gasteiger partial charge in [0, 0.05) is 37.0 Å². The fourth-order valence-corrected chi connectivity index (χ4v) is 3.88. The van der Waals surface area contributed by atoms with Gasteiger partial charge in [-0.05, 0) is 45.8 Å². The third-order valence-electron chi connectivity index (χ3n) is 4.54. The van der Waals surface area contributed by atoms with E-state index in [1.54, 1.807) is 0 Å². The van der Waals surface area contributed by atoms with Gasteiger partial charge in [-0.2, -0.15) is 11.8 Å². The van der Waals surface area contributed by atoms with Crippen molar-refractivity contribution in [3.05, 3.63) is 0 Å². The summed E-state index contributed by atoms with van der Waals surface area (Å²) in [5, 5.41) is 4.64. The third kappa shape index (κ3) is 4.92. The first-order valence-electron chi connectivity index (χ1n) is 7.81. The topological polar surface area (TPSA) is 24.5 Å². The van der Waals surface area contributed by atoms with Crippen molar-refractivity contribution in [1.29, 1.82) is 0 Å². The van der Waals surface area contributed by atoms with E-state index in [-0.39, 0.29) is 0 Å². The van der Waals surface area contributed by atoms with Crippen LogP contribution in [0, 0.1) is 0 Å². The second-order valence-corrected chi connectivity index (χ2v) is 7.34. The Morgan fingerprint density at radius 3 is 2.63 bits per heavy atom. The highest BCUT2D eigenvalue weighted by atomic mass is 32.2. The van der Waals surface area contributed by atoms with Crippen LogP contribution in [-0.4, -0.2) is 60.8 Å². The largest absolute Gasteiger partial charge is 0.374 e. The molecular weight excluding hydrogens is 256 g/mol. The van der Waals surface area contributed by atoms with Gasteiger partial charge >= 0.3 is 0 Å². The lowest BCUT2D eigenvalue weighted by Crippen LogP contribution is -2.50. The average molecular weight is 286 g/mol. The van der Waals surface area contributed by atoms with Crippen molar-refractivity contribution < 1.29 is 4.74 Å². The van der Waals surface area contributed by atoms with Crippen LogP contribution in [0.5, 0.6) is 0 Å². The first kappa shape index (κ1) is 15.6. The highest BCUT2D eigenvalue weighted by Crippen LogP contribution is 2.26. The molecular formula is C15H30N2OS. The number of nitrogens with one attached hydrogen (secondary N) is 1. The lowest BCUT2D eigenvalue weighted by molar-refractivity contribution is -0.0384.